The van der Waals surface area contributed by atoms with Gasteiger partial charge in [-0.05, 0) is 39.8 Å². The summed E-state index contributed by atoms with van der Waals surface area (Å²) in [6.07, 6.45) is 0.443. The molecule has 0 radical (unpaired) electrons. The molecular weight excluding hydrogens is 390 g/mol. The van der Waals surface area contributed by atoms with Crippen LogP contribution in [0.1, 0.15) is 36.1 Å². The highest BCUT2D eigenvalue weighted by molar-refractivity contribution is 7.72. The van der Waals surface area contributed by atoms with Crippen molar-refractivity contribution >= 4 is 20.8 Å². The van der Waals surface area contributed by atoms with Crippen LogP contribution in [0, 0.1) is 0 Å². The molecule has 0 aliphatic rings. The Hall–Kier alpha value is -1.01. The van der Waals surface area contributed by atoms with Crippen molar-refractivity contribution in [3.8, 4) is 0 Å². The second-order valence-electron chi connectivity index (χ2n) is 5.34. The third kappa shape index (κ3) is 5.08. The van der Waals surface area contributed by atoms with Crippen molar-refractivity contribution in [2.45, 2.75) is 39.5 Å². The molecule has 0 bridgehead atoms. The van der Waals surface area contributed by atoms with E-state index in [1.807, 2.05) is 0 Å². The van der Waals surface area contributed by atoms with E-state index in [-0.39, 0.29) is 32.1 Å². The van der Waals surface area contributed by atoms with Crippen LogP contribution in [0.5, 0.6) is 0 Å². The number of rotatable bonds is 12. The van der Waals surface area contributed by atoms with Gasteiger partial charge in [-0.3, -0.25) is 9.13 Å². The maximum Gasteiger partial charge on any atom is 0.346 e. The van der Waals surface area contributed by atoms with E-state index < -0.39 is 27.0 Å². The van der Waals surface area contributed by atoms with Crippen molar-refractivity contribution in [1.29, 1.82) is 0 Å². The van der Waals surface area contributed by atoms with E-state index in [2.05, 4.69) is 4.98 Å². The van der Waals surface area contributed by atoms with Gasteiger partial charge in [0.05, 0.1) is 26.4 Å². The molecule has 0 aliphatic carbocycles. The molecular formula is C17H28N2O6P2. The number of hydrogen-bond donors (Lipinski definition) is 0. The Morgan fingerprint density at radius 2 is 1.52 bits per heavy atom. The molecule has 0 atom stereocenters. The van der Waals surface area contributed by atoms with Gasteiger partial charge in [0, 0.05) is 27.2 Å². The summed E-state index contributed by atoms with van der Waals surface area (Å²) in [5.41, 5.74) is 0.521. The minimum absolute atomic E-state index is 0.0325. The molecule has 10 heteroatoms. The van der Waals surface area contributed by atoms with E-state index in [0.717, 1.165) is 0 Å². The molecule has 152 valence electrons. The largest absolute Gasteiger partial charge is 0.346 e. The number of pyridine rings is 1. The normalized spacial score (nSPS) is 14.6. The maximum atomic E-state index is 13.7. The maximum absolute atomic E-state index is 13.7. The van der Waals surface area contributed by atoms with Crippen LogP contribution in [0.3, 0.4) is 0 Å². The first-order valence-corrected chi connectivity index (χ1v) is 12.1. The predicted molar refractivity (Wildman–Crippen MR) is 104 cm³/mol. The molecule has 2 rings (SSSR count). The number of aromatic nitrogens is 2. The van der Waals surface area contributed by atoms with Crippen LogP contribution >= 0.6 is 15.2 Å². The summed E-state index contributed by atoms with van der Waals surface area (Å²) in [5, 5.41) is -1.84. The van der Waals surface area contributed by atoms with Gasteiger partial charge in [0.15, 0.2) is 5.40 Å². The lowest BCUT2D eigenvalue weighted by molar-refractivity contribution is 0.194. The average Bonchev–Trinajstić information content (AvgIpc) is 3.07. The van der Waals surface area contributed by atoms with E-state index in [4.69, 9.17) is 20.8 Å². The Bertz CT molecular complexity index is 857. The number of nitrogens with zero attached hydrogens (tertiary/aromatic N) is 2. The summed E-state index contributed by atoms with van der Waals surface area (Å²) in [6.45, 7) is 6.25. The summed E-state index contributed by atoms with van der Waals surface area (Å²) in [4.78, 5) is 4.20. The Labute approximate surface area is 163 Å². The van der Waals surface area contributed by atoms with E-state index in [0.29, 0.717) is 5.65 Å². The quantitative estimate of drug-likeness (QED) is 0.459. The Morgan fingerprint density at radius 3 is 2.00 bits per heavy atom. The number of fused-ring (bicyclic) bond motifs is 1. The average molecular weight is 420 g/mol. The molecule has 27 heavy (non-hydrogen) atoms. The van der Waals surface area contributed by atoms with Gasteiger partial charge in [0.1, 0.15) is 5.65 Å². The number of hydrogen-bond acceptors (Lipinski definition) is 7. The van der Waals surface area contributed by atoms with Crippen LogP contribution in [-0.2, 0) is 33.6 Å². The standard InChI is InChI=1S/C17H28N2O6P2/c1-5-22-26(20,23-6-2)17(27(21,24-7-3)25-8-4)13-15-14-18-16-11-9-10-12-19(15)16/h9-12,14,17H,5-8,13H2,1-4H3/i13D2. The molecule has 0 fully saturated rings. The minimum Gasteiger partial charge on any atom is -0.308 e. The second-order valence-corrected chi connectivity index (χ2v) is 9.97. The van der Waals surface area contributed by atoms with Crippen molar-refractivity contribution in [3.05, 3.63) is 36.3 Å². The summed E-state index contributed by atoms with van der Waals surface area (Å²) in [7, 11) is -8.56. The van der Waals surface area contributed by atoms with Gasteiger partial charge in [-0.2, -0.15) is 0 Å². The first-order chi connectivity index (χ1) is 13.7. The fourth-order valence-corrected chi connectivity index (χ4v) is 7.50. The van der Waals surface area contributed by atoms with Crippen LogP contribution in [0.25, 0.3) is 5.65 Å². The van der Waals surface area contributed by atoms with Crippen LogP contribution < -0.4 is 0 Å². The monoisotopic (exact) mass is 420 g/mol. The molecule has 0 spiro atoms. The highest BCUT2D eigenvalue weighted by Crippen LogP contribution is 2.71. The lowest BCUT2D eigenvalue weighted by Gasteiger charge is -2.31. The molecule has 0 saturated heterocycles. The van der Waals surface area contributed by atoms with Gasteiger partial charge in [0.2, 0.25) is 0 Å². The zero-order valence-corrected chi connectivity index (χ0v) is 17.8. The van der Waals surface area contributed by atoms with E-state index in [1.54, 1.807) is 52.1 Å². The lowest BCUT2D eigenvalue weighted by atomic mass is 10.3. The summed E-state index contributed by atoms with van der Waals surface area (Å²) >= 11 is 0. The topological polar surface area (TPSA) is 88.4 Å². The first-order valence-electron chi connectivity index (χ1n) is 9.90. The molecule has 2 aromatic heterocycles. The zero-order valence-electron chi connectivity index (χ0n) is 18.0. The first kappa shape index (κ1) is 19.3. The Balaban J connectivity index is 2.76. The zero-order chi connectivity index (χ0) is 21.7. The lowest BCUT2D eigenvalue weighted by Crippen LogP contribution is -2.21. The fraction of sp³-hybridized carbons (Fsp3) is 0.588. The molecule has 2 aromatic rings. The van der Waals surface area contributed by atoms with Crippen LogP contribution in [0.2, 0.25) is 0 Å². The van der Waals surface area contributed by atoms with Crippen molar-refractivity contribution < 1.29 is 30.0 Å². The van der Waals surface area contributed by atoms with E-state index in [9.17, 15) is 9.13 Å². The fourth-order valence-electron chi connectivity index (χ4n) is 2.58. The highest BCUT2D eigenvalue weighted by Gasteiger charge is 2.51. The van der Waals surface area contributed by atoms with E-state index in [1.165, 1.54) is 10.6 Å². The van der Waals surface area contributed by atoms with Crippen molar-refractivity contribution in [2.75, 3.05) is 26.4 Å². The Morgan fingerprint density at radius 1 is 1.00 bits per heavy atom. The van der Waals surface area contributed by atoms with Gasteiger partial charge in [-0.1, -0.05) is 6.07 Å². The highest BCUT2D eigenvalue weighted by atomic mass is 31.2. The molecule has 0 aromatic carbocycles. The summed E-state index contributed by atoms with van der Waals surface area (Å²) in [6, 6.07) is 5.16. The molecule has 2 heterocycles. The third-order valence-corrected chi connectivity index (χ3v) is 9.15. The molecule has 0 saturated carbocycles. The van der Waals surface area contributed by atoms with Crippen molar-refractivity contribution in [2.24, 2.45) is 0 Å². The third-order valence-electron chi connectivity index (χ3n) is 3.53. The summed E-state index contributed by atoms with van der Waals surface area (Å²) in [5.74, 6) is 0. The van der Waals surface area contributed by atoms with Crippen LogP contribution in [0.15, 0.2) is 30.6 Å². The molecule has 8 nitrogen and oxygen atoms in total. The Kier molecular flexibility index (Phi) is 7.13. The van der Waals surface area contributed by atoms with Gasteiger partial charge < -0.3 is 22.5 Å². The van der Waals surface area contributed by atoms with Crippen LogP contribution in [0.4, 0.5) is 0 Å². The van der Waals surface area contributed by atoms with Gasteiger partial charge in [-0.15, -0.1) is 0 Å². The van der Waals surface area contributed by atoms with Gasteiger partial charge in [-0.25, -0.2) is 4.98 Å². The molecule has 0 N–H and O–H groups in total. The molecule has 0 amide bonds. The van der Waals surface area contributed by atoms with Crippen molar-refractivity contribution in [1.82, 2.24) is 9.38 Å². The minimum atomic E-state index is -4.28. The van der Waals surface area contributed by atoms with Crippen molar-refractivity contribution in [3.63, 3.8) is 0 Å². The smallest absolute Gasteiger partial charge is 0.308 e. The van der Waals surface area contributed by atoms with E-state index >= 15 is 0 Å². The number of imidazole rings is 1. The predicted octanol–water partition coefficient (Wildman–Crippen LogP) is 4.74. The molecule has 0 aliphatic heterocycles. The van der Waals surface area contributed by atoms with Gasteiger partial charge in [0.25, 0.3) is 0 Å². The van der Waals surface area contributed by atoms with Crippen LogP contribution in [-0.4, -0.2) is 41.2 Å². The second kappa shape index (κ2) is 9.97. The summed E-state index contributed by atoms with van der Waals surface area (Å²) < 4.78 is 68.4. The van der Waals surface area contributed by atoms with Gasteiger partial charge >= 0.3 is 15.2 Å². The SMILES string of the molecule is [2H]C([2H])(c1cnc2ccccn12)C(P(=O)(OCC)OCC)P(=O)(OCC)OCC. The molecule has 0 unspecified atom stereocenters.